The van der Waals surface area contributed by atoms with Crippen LogP contribution in [0, 0.1) is 0 Å². The Bertz CT molecular complexity index is 978. The van der Waals surface area contributed by atoms with Crippen molar-refractivity contribution < 1.29 is 9.78 Å². The number of piperidine rings is 1. The highest BCUT2D eigenvalue weighted by Crippen LogP contribution is 2.23. The Morgan fingerprint density at radius 1 is 1.31 bits per heavy atom. The highest BCUT2D eigenvalue weighted by atomic mass is 16.2. The summed E-state index contributed by atoms with van der Waals surface area (Å²) >= 11 is 0. The molecule has 5 N–H and O–H groups in total. The van der Waals surface area contributed by atoms with Crippen LogP contribution in [0.2, 0.25) is 0 Å². The van der Waals surface area contributed by atoms with Crippen LogP contribution in [0.3, 0.4) is 0 Å². The van der Waals surface area contributed by atoms with E-state index in [9.17, 15) is 4.79 Å². The van der Waals surface area contributed by atoms with E-state index in [1.807, 2.05) is 31.2 Å². The fourth-order valence-corrected chi connectivity index (χ4v) is 3.49. The Morgan fingerprint density at radius 3 is 2.86 bits per heavy atom. The van der Waals surface area contributed by atoms with E-state index in [1.165, 1.54) is 0 Å². The molecule has 1 amide bonds. The summed E-state index contributed by atoms with van der Waals surface area (Å²) in [5.74, 6) is 1.36. The van der Waals surface area contributed by atoms with Gasteiger partial charge in [-0.2, -0.15) is 4.98 Å². The quantitative estimate of drug-likeness (QED) is 0.508. The molecule has 29 heavy (non-hydrogen) atoms. The Morgan fingerprint density at radius 2 is 2.14 bits per heavy atom. The van der Waals surface area contributed by atoms with Crippen LogP contribution in [0.1, 0.15) is 26.2 Å². The molecule has 3 aromatic rings. The zero-order valence-corrected chi connectivity index (χ0v) is 16.7. The zero-order valence-electron chi connectivity index (χ0n) is 16.7. The van der Waals surface area contributed by atoms with Crippen LogP contribution in [0.4, 0.5) is 23.1 Å². The van der Waals surface area contributed by atoms with Crippen molar-refractivity contribution in [2.45, 2.75) is 32.2 Å². The largest absolute Gasteiger partial charge is 0.363 e. The number of fused-ring (bicyclic) bond motifs is 1. The molecule has 0 saturated carbocycles. The van der Waals surface area contributed by atoms with Crippen LogP contribution < -0.4 is 25.8 Å². The van der Waals surface area contributed by atoms with Crippen LogP contribution >= 0.6 is 0 Å². The summed E-state index contributed by atoms with van der Waals surface area (Å²) in [7, 11) is 1.78. The maximum absolute atomic E-state index is 11.9. The standard InChI is InChI=1S/C20H26N8O/c1-3-16(29)28(2)15-8-6-13(7-9-15)25-20-26-18-17(22-12-23-18)19(27-20)24-14-5-4-10-21-11-14/h6-9,12,14,21H,3-5,10-11H2,1-2H3,(H3,22,23,24,25,26,27)/p+1. The predicted molar refractivity (Wildman–Crippen MR) is 113 cm³/mol. The van der Waals surface area contributed by atoms with Crippen molar-refractivity contribution in [2.24, 2.45) is 0 Å². The lowest BCUT2D eigenvalue weighted by atomic mass is 10.1. The van der Waals surface area contributed by atoms with Crippen molar-refractivity contribution in [3.8, 4) is 0 Å². The Hall–Kier alpha value is -3.20. The molecule has 0 radical (unpaired) electrons. The SMILES string of the molecule is CCC(=O)N(C)c1ccc(Nc2nc(NC3CCCNC3)c3[nH]c[nH+]c3n2)cc1. The monoisotopic (exact) mass is 395 g/mol. The van der Waals surface area contributed by atoms with Gasteiger partial charge >= 0.3 is 11.6 Å². The van der Waals surface area contributed by atoms with E-state index in [4.69, 9.17) is 0 Å². The number of aromatic amines is 2. The number of anilines is 4. The minimum atomic E-state index is 0.0791. The van der Waals surface area contributed by atoms with Gasteiger partial charge in [-0.3, -0.25) is 9.78 Å². The van der Waals surface area contributed by atoms with E-state index in [0.717, 1.165) is 54.3 Å². The smallest absolute Gasteiger partial charge is 0.307 e. The lowest BCUT2D eigenvalue weighted by molar-refractivity contribution is -0.347. The van der Waals surface area contributed by atoms with Gasteiger partial charge in [-0.25, -0.2) is 4.98 Å². The molecule has 1 saturated heterocycles. The lowest BCUT2D eigenvalue weighted by Crippen LogP contribution is -2.38. The summed E-state index contributed by atoms with van der Waals surface area (Å²) in [5, 5.41) is 10.2. The number of nitrogens with one attached hydrogen (secondary N) is 5. The molecule has 9 nitrogen and oxygen atoms in total. The average Bonchev–Trinajstić information content (AvgIpc) is 3.23. The van der Waals surface area contributed by atoms with Gasteiger partial charge in [-0.05, 0) is 43.7 Å². The van der Waals surface area contributed by atoms with Gasteiger partial charge in [0.1, 0.15) is 0 Å². The van der Waals surface area contributed by atoms with Gasteiger partial charge in [0.2, 0.25) is 11.4 Å². The van der Waals surface area contributed by atoms with Gasteiger partial charge in [0.05, 0.1) is 0 Å². The topological polar surface area (TPSA) is 112 Å². The molecular formula is C20H27N8O+. The molecule has 1 atom stereocenters. The molecule has 1 fully saturated rings. The molecule has 152 valence electrons. The van der Waals surface area contributed by atoms with Crippen molar-refractivity contribution in [1.29, 1.82) is 0 Å². The molecule has 0 spiro atoms. The summed E-state index contributed by atoms with van der Waals surface area (Å²) in [6, 6.07) is 7.99. The minimum Gasteiger partial charge on any atom is -0.363 e. The van der Waals surface area contributed by atoms with E-state index < -0.39 is 0 Å². The zero-order chi connectivity index (χ0) is 20.2. The Kier molecular flexibility index (Phi) is 5.57. The fraction of sp³-hybridized carbons (Fsp3) is 0.400. The number of H-pyrrole nitrogens is 2. The van der Waals surface area contributed by atoms with Gasteiger partial charge in [-0.1, -0.05) is 11.9 Å². The van der Waals surface area contributed by atoms with Crippen LogP contribution in [0.5, 0.6) is 0 Å². The molecule has 3 heterocycles. The van der Waals surface area contributed by atoms with E-state index in [0.29, 0.717) is 18.4 Å². The van der Waals surface area contributed by atoms with Crippen molar-refractivity contribution in [3.63, 3.8) is 0 Å². The number of imidazole rings is 1. The number of benzene rings is 1. The summed E-state index contributed by atoms with van der Waals surface area (Å²) in [6.07, 6.45) is 4.49. The van der Waals surface area contributed by atoms with Gasteiger partial charge in [0, 0.05) is 37.4 Å². The number of amides is 1. The number of rotatable bonds is 6. The highest BCUT2D eigenvalue weighted by Gasteiger charge is 2.20. The second-order valence-corrected chi connectivity index (χ2v) is 7.22. The van der Waals surface area contributed by atoms with Gasteiger partial charge < -0.3 is 20.9 Å². The fourth-order valence-electron chi connectivity index (χ4n) is 3.49. The predicted octanol–water partition coefficient (Wildman–Crippen LogP) is 2.05. The number of carbonyl (C=O) groups excluding carboxylic acids is 1. The van der Waals surface area contributed by atoms with Crippen molar-refractivity contribution in [1.82, 2.24) is 20.3 Å². The third-order valence-electron chi connectivity index (χ3n) is 5.16. The van der Waals surface area contributed by atoms with Gasteiger partial charge in [-0.15, -0.1) is 0 Å². The van der Waals surface area contributed by atoms with E-state index in [1.54, 1.807) is 18.3 Å². The number of hydrogen-bond donors (Lipinski definition) is 4. The van der Waals surface area contributed by atoms with Crippen molar-refractivity contribution in [2.75, 3.05) is 35.7 Å². The van der Waals surface area contributed by atoms with Crippen LogP contribution in [-0.4, -0.2) is 47.0 Å². The Balaban J connectivity index is 1.54. The average molecular weight is 395 g/mol. The molecule has 2 aromatic heterocycles. The number of nitrogens with zero attached hydrogens (tertiary/aromatic N) is 3. The van der Waals surface area contributed by atoms with Crippen molar-refractivity contribution >= 4 is 40.2 Å². The molecule has 1 aliphatic rings. The molecule has 9 heteroatoms. The summed E-state index contributed by atoms with van der Waals surface area (Å²) < 4.78 is 0. The first-order valence-corrected chi connectivity index (χ1v) is 10.0. The lowest BCUT2D eigenvalue weighted by Gasteiger charge is -2.24. The van der Waals surface area contributed by atoms with E-state index in [-0.39, 0.29) is 5.91 Å². The van der Waals surface area contributed by atoms with Gasteiger partial charge in [0.25, 0.3) is 0 Å². The number of carbonyl (C=O) groups is 1. The maximum atomic E-state index is 11.9. The van der Waals surface area contributed by atoms with Crippen LogP contribution in [-0.2, 0) is 4.79 Å². The van der Waals surface area contributed by atoms with Gasteiger partial charge in [0.15, 0.2) is 12.1 Å². The van der Waals surface area contributed by atoms with Crippen LogP contribution in [0.15, 0.2) is 30.6 Å². The summed E-state index contributed by atoms with van der Waals surface area (Å²) in [6.45, 7) is 3.84. The first-order valence-electron chi connectivity index (χ1n) is 10.0. The van der Waals surface area contributed by atoms with Crippen LogP contribution in [0.25, 0.3) is 11.2 Å². The third kappa shape index (κ3) is 4.29. The molecule has 0 aliphatic carbocycles. The molecule has 1 aromatic carbocycles. The second-order valence-electron chi connectivity index (χ2n) is 7.22. The molecule has 1 aliphatic heterocycles. The molecule has 1 unspecified atom stereocenters. The number of aromatic nitrogens is 4. The minimum absolute atomic E-state index is 0.0791. The van der Waals surface area contributed by atoms with Crippen molar-refractivity contribution in [3.05, 3.63) is 30.6 Å². The van der Waals surface area contributed by atoms with E-state index >= 15 is 0 Å². The summed E-state index contributed by atoms with van der Waals surface area (Å²) in [5.41, 5.74) is 3.30. The maximum Gasteiger partial charge on any atom is 0.307 e. The highest BCUT2D eigenvalue weighted by molar-refractivity contribution is 5.92. The summed E-state index contributed by atoms with van der Waals surface area (Å²) in [4.78, 5) is 29.0. The second kappa shape index (κ2) is 8.44. The molecule has 0 bridgehead atoms. The van der Waals surface area contributed by atoms with E-state index in [2.05, 4.69) is 35.9 Å². The first kappa shape index (κ1) is 19.1. The Labute approximate surface area is 169 Å². The molecular weight excluding hydrogens is 368 g/mol. The number of hydrogen-bond acceptors (Lipinski definition) is 6. The third-order valence-corrected chi connectivity index (χ3v) is 5.16. The normalized spacial score (nSPS) is 16.6. The first-order chi connectivity index (χ1) is 14.1. The molecule has 4 rings (SSSR count).